The zero-order valence-electron chi connectivity index (χ0n) is 10.2. The molecule has 3 nitrogen and oxygen atoms in total. The third-order valence-electron chi connectivity index (χ3n) is 2.95. The number of carbonyl (C=O) groups is 1. The van der Waals surface area contributed by atoms with Crippen LogP contribution in [0.25, 0.3) is 0 Å². The van der Waals surface area contributed by atoms with E-state index in [4.69, 9.17) is 0 Å². The Hall–Kier alpha value is -0.100. The molecule has 0 radical (unpaired) electrons. The number of nitrogens with one attached hydrogen (secondary N) is 2. The number of rotatable bonds is 3. The van der Waals surface area contributed by atoms with Gasteiger partial charge in [0.05, 0.1) is 10.2 Å². The van der Waals surface area contributed by atoms with Crippen LogP contribution in [0.5, 0.6) is 0 Å². The minimum absolute atomic E-state index is 0. The number of carbonyl (C=O) groups excluding carboxylic acids is 1. The molecule has 1 amide bonds. The summed E-state index contributed by atoms with van der Waals surface area (Å²) in [5, 5.41) is 6.50. The van der Waals surface area contributed by atoms with E-state index in [-0.39, 0.29) is 18.3 Å². The summed E-state index contributed by atoms with van der Waals surface area (Å²) in [6.07, 6.45) is 2.55. The van der Waals surface area contributed by atoms with Crippen molar-refractivity contribution in [1.29, 1.82) is 0 Å². The van der Waals surface area contributed by atoms with Gasteiger partial charge in [0.2, 0.25) is 5.91 Å². The van der Waals surface area contributed by atoms with E-state index in [9.17, 15) is 4.79 Å². The minimum atomic E-state index is 0. The van der Waals surface area contributed by atoms with E-state index < -0.39 is 0 Å². The maximum absolute atomic E-state index is 11.9. The van der Waals surface area contributed by atoms with Crippen molar-refractivity contribution in [2.24, 2.45) is 0 Å². The minimum Gasteiger partial charge on any atom is -0.353 e. The molecule has 1 saturated heterocycles. The Morgan fingerprint density at radius 3 is 3.00 bits per heavy atom. The molecule has 2 heterocycles. The lowest BCUT2D eigenvalue weighted by Gasteiger charge is -2.28. The van der Waals surface area contributed by atoms with Gasteiger partial charge in [-0.1, -0.05) is 0 Å². The molecule has 0 aromatic carbocycles. The van der Waals surface area contributed by atoms with Gasteiger partial charge in [-0.25, -0.2) is 0 Å². The number of hydrogen-bond donors (Lipinski definition) is 2. The molecule has 2 N–H and O–H groups in total. The topological polar surface area (TPSA) is 41.1 Å². The molecule has 0 spiro atoms. The molecule has 0 bridgehead atoms. The number of amides is 1. The fourth-order valence-corrected chi connectivity index (χ4v) is 3.63. The summed E-state index contributed by atoms with van der Waals surface area (Å²) in [7, 11) is 0. The van der Waals surface area contributed by atoms with E-state index in [1.165, 1.54) is 0 Å². The van der Waals surface area contributed by atoms with Crippen molar-refractivity contribution < 1.29 is 4.79 Å². The lowest BCUT2D eigenvalue weighted by atomic mass is 10.0. The number of piperidine rings is 1. The second-order valence-corrected chi connectivity index (χ2v) is 7.07. The molecular formula is C12H18BrClN2OS. The van der Waals surface area contributed by atoms with Gasteiger partial charge in [-0.3, -0.25) is 4.79 Å². The van der Waals surface area contributed by atoms with Gasteiger partial charge in [-0.15, -0.1) is 23.7 Å². The standard InChI is InChI=1S/C12H17BrN2OS.ClH/c1-8-6-9(4-5-14-8)15-12(16)7-10-2-3-11(13)17-10;/h2-3,8-9,14H,4-7H2,1H3,(H,15,16);1H. The van der Waals surface area contributed by atoms with Crippen LogP contribution in [0.3, 0.4) is 0 Å². The van der Waals surface area contributed by atoms with Crippen molar-refractivity contribution in [3.8, 4) is 0 Å². The summed E-state index contributed by atoms with van der Waals surface area (Å²) in [6.45, 7) is 3.16. The number of thiophene rings is 1. The Kier molecular flexibility index (Phi) is 6.63. The molecule has 2 rings (SSSR count). The Morgan fingerprint density at radius 1 is 1.61 bits per heavy atom. The molecule has 2 unspecified atom stereocenters. The van der Waals surface area contributed by atoms with Gasteiger partial charge >= 0.3 is 0 Å². The fourth-order valence-electron chi connectivity index (χ4n) is 2.15. The normalized spacial score (nSPS) is 23.2. The first kappa shape index (κ1) is 16.0. The summed E-state index contributed by atoms with van der Waals surface area (Å²) in [6, 6.07) is 4.83. The second kappa shape index (κ2) is 7.48. The molecular weight excluding hydrogens is 336 g/mol. The van der Waals surface area contributed by atoms with E-state index in [1.54, 1.807) is 11.3 Å². The maximum atomic E-state index is 11.9. The highest BCUT2D eigenvalue weighted by Gasteiger charge is 2.19. The molecule has 1 aliphatic heterocycles. The first-order valence-corrected chi connectivity index (χ1v) is 7.51. The largest absolute Gasteiger partial charge is 0.353 e. The number of hydrogen-bond acceptors (Lipinski definition) is 3. The van der Waals surface area contributed by atoms with E-state index in [2.05, 4.69) is 33.5 Å². The van der Waals surface area contributed by atoms with Crippen molar-refractivity contribution in [3.05, 3.63) is 20.8 Å². The zero-order valence-corrected chi connectivity index (χ0v) is 13.5. The van der Waals surface area contributed by atoms with Crippen molar-refractivity contribution >= 4 is 45.6 Å². The van der Waals surface area contributed by atoms with Gasteiger partial charge in [-0.2, -0.15) is 0 Å². The van der Waals surface area contributed by atoms with Crippen LogP contribution in [0.15, 0.2) is 15.9 Å². The van der Waals surface area contributed by atoms with E-state index in [0.717, 1.165) is 28.0 Å². The SMILES string of the molecule is CC1CC(NC(=O)Cc2ccc(Br)s2)CCN1.Cl. The molecule has 1 aromatic heterocycles. The monoisotopic (exact) mass is 352 g/mol. The first-order valence-electron chi connectivity index (χ1n) is 5.90. The predicted octanol–water partition coefficient (Wildman–Crippen LogP) is 2.73. The summed E-state index contributed by atoms with van der Waals surface area (Å²) < 4.78 is 1.08. The van der Waals surface area contributed by atoms with Crippen molar-refractivity contribution in [2.45, 2.75) is 38.3 Å². The highest BCUT2D eigenvalue weighted by molar-refractivity contribution is 9.11. The van der Waals surface area contributed by atoms with Crippen LogP contribution >= 0.6 is 39.7 Å². The molecule has 18 heavy (non-hydrogen) atoms. The predicted molar refractivity (Wildman–Crippen MR) is 81.6 cm³/mol. The summed E-state index contributed by atoms with van der Waals surface area (Å²) in [5.74, 6) is 0.137. The Bertz CT molecular complexity index is 399. The van der Waals surface area contributed by atoms with Gasteiger partial charge in [0, 0.05) is 17.0 Å². The maximum Gasteiger partial charge on any atom is 0.225 e. The third kappa shape index (κ3) is 4.88. The van der Waals surface area contributed by atoms with Crippen LogP contribution in [0.4, 0.5) is 0 Å². The van der Waals surface area contributed by atoms with E-state index in [0.29, 0.717) is 18.5 Å². The van der Waals surface area contributed by atoms with Gasteiger partial charge in [0.1, 0.15) is 0 Å². The molecule has 102 valence electrons. The fraction of sp³-hybridized carbons (Fsp3) is 0.583. The second-order valence-electron chi connectivity index (χ2n) is 4.53. The Labute approximate surface area is 126 Å². The smallest absolute Gasteiger partial charge is 0.225 e. The lowest BCUT2D eigenvalue weighted by molar-refractivity contribution is -0.121. The molecule has 0 aliphatic carbocycles. The average Bonchev–Trinajstić information content (AvgIpc) is 2.63. The van der Waals surface area contributed by atoms with Gasteiger partial charge < -0.3 is 10.6 Å². The van der Waals surface area contributed by atoms with Crippen LogP contribution in [0.2, 0.25) is 0 Å². The van der Waals surface area contributed by atoms with Crippen molar-refractivity contribution in [3.63, 3.8) is 0 Å². The van der Waals surface area contributed by atoms with Crippen molar-refractivity contribution in [2.75, 3.05) is 6.54 Å². The van der Waals surface area contributed by atoms with Gasteiger partial charge in [0.25, 0.3) is 0 Å². The van der Waals surface area contributed by atoms with Crippen LogP contribution in [-0.4, -0.2) is 24.5 Å². The van der Waals surface area contributed by atoms with Gasteiger partial charge in [0.15, 0.2) is 0 Å². The molecule has 2 atom stereocenters. The van der Waals surface area contributed by atoms with Crippen LogP contribution in [-0.2, 0) is 11.2 Å². The zero-order chi connectivity index (χ0) is 12.3. The van der Waals surface area contributed by atoms with Crippen LogP contribution in [0, 0.1) is 0 Å². The molecule has 6 heteroatoms. The van der Waals surface area contributed by atoms with Crippen molar-refractivity contribution in [1.82, 2.24) is 10.6 Å². The molecule has 1 aromatic rings. The highest BCUT2D eigenvalue weighted by atomic mass is 79.9. The number of halogens is 2. The Balaban J connectivity index is 0.00000162. The summed E-state index contributed by atoms with van der Waals surface area (Å²) in [4.78, 5) is 13.0. The molecule has 1 fully saturated rings. The molecule has 0 saturated carbocycles. The first-order chi connectivity index (χ1) is 8.13. The Morgan fingerprint density at radius 2 is 2.39 bits per heavy atom. The van der Waals surface area contributed by atoms with Crippen LogP contribution in [0.1, 0.15) is 24.6 Å². The van der Waals surface area contributed by atoms with Gasteiger partial charge in [-0.05, 0) is 54.4 Å². The summed E-state index contributed by atoms with van der Waals surface area (Å²) in [5.41, 5.74) is 0. The van der Waals surface area contributed by atoms with Crippen LogP contribution < -0.4 is 10.6 Å². The highest BCUT2D eigenvalue weighted by Crippen LogP contribution is 2.22. The van der Waals surface area contributed by atoms with E-state index in [1.807, 2.05) is 12.1 Å². The third-order valence-corrected chi connectivity index (χ3v) is 4.58. The average molecular weight is 354 g/mol. The summed E-state index contributed by atoms with van der Waals surface area (Å²) >= 11 is 5.03. The lowest BCUT2D eigenvalue weighted by Crippen LogP contribution is -2.46. The van der Waals surface area contributed by atoms with E-state index >= 15 is 0 Å². The molecule has 1 aliphatic rings. The quantitative estimate of drug-likeness (QED) is 0.877.